The first-order chi connectivity index (χ1) is 7.93. The summed E-state index contributed by atoms with van der Waals surface area (Å²) in [6.07, 6.45) is 0. The highest BCUT2D eigenvalue weighted by molar-refractivity contribution is 5.87. The molecule has 1 aromatic carbocycles. The Morgan fingerprint density at radius 2 is 2.00 bits per heavy atom. The van der Waals surface area contributed by atoms with Crippen molar-refractivity contribution in [3.05, 3.63) is 40.4 Å². The molecule has 1 heterocycles. The minimum atomic E-state index is -1.20. The molecule has 0 bridgehead atoms. The maximum atomic E-state index is 11.8. The van der Waals surface area contributed by atoms with Gasteiger partial charge in [0.1, 0.15) is 17.1 Å². The number of benzene rings is 1. The molecule has 1 aromatic heterocycles. The number of aliphatic hydroxyl groups is 1. The van der Waals surface area contributed by atoms with E-state index in [0.717, 1.165) is 0 Å². The van der Waals surface area contributed by atoms with Crippen LogP contribution >= 0.6 is 0 Å². The van der Waals surface area contributed by atoms with Gasteiger partial charge in [-0.05, 0) is 32.0 Å². The maximum absolute atomic E-state index is 11.8. The van der Waals surface area contributed by atoms with Gasteiger partial charge in [0.25, 0.3) is 0 Å². The molecule has 90 valence electrons. The minimum absolute atomic E-state index is 0.222. The highest BCUT2D eigenvalue weighted by atomic mass is 16.5. The van der Waals surface area contributed by atoms with Gasteiger partial charge in [-0.1, -0.05) is 6.07 Å². The molecule has 2 aromatic rings. The lowest BCUT2D eigenvalue weighted by atomic mass is 10.0. The fraction of sp³-hybridized carbons (Fsp3) is 0.308. The normalized spacial score (nSPS) is 11.8. The highest BCUT2D eigenvalue weighted by Crippen LogP contribution is 2.27. The average Bonchev–Trinajstić information content (AvgIpc) is 2.27. The first-order valence-corrected chi connectivity index (χ1v) is 5.27. The summed E-state index contributed by atoms with van der Waals surface area (Å²) in [4.78, 5) is 11.8. The Hall–Kier alpha value is -1.81. The third kappa shape index (κ3) is 2.03. The predicted molar refractivity (Wildman–Crippen MR) is 64.3 cm³/mol. The second-order valence-corrected chi connectivity index (χ2v) is 4.38. The lowest BCUT2D eigenvalue weighted by Gasteiger charge is -2.16. The Morgan fingerprint density at radius 1 is 1.29 bits per heavy atom. The Balaban J connectivity index is 2.84. The van der Waals surface area contributed by atoms with Gasteiger partial charge in [0.05, 0.1) is 12.5 Å². The first kappa shape index (κ1) is 11.7. The molecule has 4 heteroatoms. The molecule has 0 atom stereocenters. The number of rotatable bonds is 2. The van der Waals surface area contributed by atoms with Crippen LogP contribution in [0.25, 0.3) is 10.8 Å². The van der Waals surface area contributed by atoms with E-state index in [0.29, 0.717) is 16.5 Å². The molecule has 1 N–H and O–H groups in total. The van der Waals surface area contributed by atoms with E-state index >= 15 is 0 Å². The summed E-state index contributed by atoms with van der Waals surface area (Å²) >= 11 is 0. The molecule has 0 aliphatic carbocycles. The number of methoxy groups -OCH3 is 1. The summed E-state index contributed by atoms with van der Waals surface area (Å²) in [5.74, 6) is 0.806. The summed E-state index contributed by atoms with van der Waals surface area (Å²) in [6.45, 7) is 3.12. The molecule has 0 aliphatic rings. The second kappa shape index (κ2) is 3.89. The van der Waals surface area contributed by atoms with Gasteiger partial charge in [0, 0.05) is 5.39 Å². The van der Waals surface area contributed by atoms with Crippen molar-refractivity contribution in [1.29, 1.82) is 0 Å². The van der Waals surface area contributed by atoms with Crippen molar-refractivity contribution in [2.75, 3.05) is 7.11 Å². The van der Waals surface area contributed by atoms with Crippen molar-refractivity contribution in [3.63, 3.8) is 0 Å². The van der Waals surface area contributed by atoms with Gasteiger partial charge < -0.3 is 14.3 Å². The third-order valence-electron chi connectivity index (χ3n) is 2.59. The first-order valence-electron chi connectivity index (χ1n) is 5.27. The molecular weight excluding hydrogens is 220 g/mol. The van der Waals surface area contributed by atoms with Crippen LogP contribution in [0.15, 0.2) is 33.5 Å². The molecule has 0 amide bonds. The minimum Gasteiger partial charge on any atom is -0.496 e. The van der Waals surface area contributed by atoms with E-state index in [1.807, 2.05) is 0 Å². The molecule has 0 saturated carbocycles. The molecule has 0 aliphatic heterocycles. The molecule has 0 radical (unpaired) electrons. The summed E-state index contributed by atoms with van der Waals surface area (Å²) < 4.78 is 10.3. The van der Waals surface area contributed by atoms with Crippen LogP contribution in [0.1, 0.15) is 19.6 Å². The van der Waals surface area contributed by atoms with Gasteiger partial charge >= 0.3 is 5.63 Å². The quantitative estimate of drug-likeness (QED) is 0.863. The molecule has 0 saturated heterocycles. The van der Waals surface area contributed by atoms with E-state index in [9.17, 15) is 9.90 Å². The standard InChI is InChI=1S/C13H14O4/c1-13(2,15)11-7-9-8(12(14)17-11)5-4-6-10(9)16-3/h4-7,15H,1-3H3. The Kier molecular flexibility index (Phi) is 2.67. The molecular formula is C13H14O4. The SMILES string of the molecule is COc1cccc2c(=O)oc(C(C)(C)O)cc12. The Labute approximate surface area is 98.4 Å². The zero-order valence-corrected chi connectivity index (χ0v) is 9.98. The summed E-state index contributed by atoms with van der Waals surface area (Å²) in [6, 6.07) is 6.78. The lowest BCUT2D eigenvalue weighted by molar-refractivity contribution is 0.0512. The van der Waals surface area contributed by atoms with Crippen LogP contribution in [-0.2, 0) is 5.60 Å². The van der Waals surface area contributed by atoms with Crippen LogP contribution in [0.5, 0.6) is 5.75 Å². The van der Waals surface area contributed by atoms with Crippen LogP contribution in [0.3, 0.4) is 0 Å². The van der Waals surface area contributed by atoms with Crippen molar-refractivity contribution in [2.45, 2.75) is 19.4 Å². The molecule has 17 heavy (non-hydrogen) atoms. The van der Waals surface area contributed by atoms with Crippen LogP contribution in [0.2, 0.25) is 0 Å². The van der Waals surface area contributed by atoms with Crippen molar-refractivity contribution in [1.82, 2.24) is 0 Å². The fourth-order valence-electron chi connectivity index (χ4n) is 1.67. The molecule has 4 nitrogen and oxygen atoms in total. The van der Waals surface area contributed by atoms with Crippen molar-refractivity contribution in [3.8, 4) is 5.75 Å². The van der Waals surface area contributed by atoms with Crippen molar-refractivity contribution < 1.29 is 14.3 Å². The van der Waals surface area contributed by atoms with Crippen LogP contribution < -0.4 is 10.4 Å². The third-order valence-corrected chi connectivity index (χ3v) is 2.59. The van der Waals surface area contributed by atoms with Gasteiger partial charge in [0.15, 0.2) is 0 Å². The predicted octanol–water partition coefficient (Wildman–Crippen LogP) is 2.03. The van der Waals surface area contributed by atoms with Gasteiger partial charge in [-0.3, -0.25) is 0 Å². The van der Waals surface area contributed by atoms with Gasteiger partial charge in [0.2, 0.25) is 0 Å². The summed E-state index contributed by atoms with van der Waals surface area (Å²) in [5, 5.41) is 10.9. The Bertz CT molecular complexity index is 605. The highest BCUT2D eigenvalue weighted by Gasteiger charge is 2.21. The molecule has 2 rings (SSSR count). The topological polar surface area (TPSA) is 59.7 Å². The number of fused-ring (bicyclic) bond motifs is 1. The van der Waals surface area contributed by atoms with Crippen LogP contribution in [-0.4, -0.2) is 12.2 Å². The number of hydrogen-bond acceptors (Lipinski definition) is 4. The summed E-state index contributed by atoms with van der Waals surface area (Å²) in [5.41, 5.74) is -1.67. The van der Waals surface area contributed by atoms with Gasteiger partial charge in [-0.2, -0.15) is 0 Å². The largest absolute Gasteiger partial charge is 0.496 e. The Morgan fingerprint density at radius 3 is 2.59 bits per heavy atom. The fourth-order valence-corrected chi connectivity index (χ4v) is 1.67. The molecule has 0 spiro atoms. The van der Waals surface area contributed by atoms with Gasteiger partial charge in [-0.15, -0.1) is 0 Å². The zero-order valence-electron chi connectivity index (χ0n) is 9.98. The molecule has 0 fully saturated rings. The van der Waals surface area contributed by atoms with E-state index in [2.05, 4.69) is 0 Å². The van der Waals surface area contributed by atoms with E-state index < -0.39 is 11.2 Å². The molecule has 0 unspecified atom stereocenters. The monoisotopic (exact) mass is 234 g/mol. The van der Waals surface area contributed by atoms with Crippen LogP contribution in [0, 0.1) is 0 Å². The maximum Gasteiger partial charge on any atom is 0.344 e. The van der Waals surface area contributed by atoms with Crippen molar-refractivity contribution >= 4 is 10.8 Å². The lowest BCUT2D eigenvalue weighted by Crippen LogP contribution is -2.18. The van der Waals surface area contributed by atoms with E-state index in [4.69, 9.17) is 9.15 Å². The average molecular weight is 234 g/mol. The summed E-state index contributed by atoms with van der Waals surface area (Å²) in [7, 11) is 1.53. The second-order valence-electron chi connectivity index (χ2n) is 4.38. The number of ether oxygens (including phenoxy) is 1. The smallest absolute Gasteiger partial charge is 0.344 e. The number of hydrogen-bond donors (Lipinski definition) is 1. The van der Waals surface area contributed by atoms with E-state index in [1.165, 1.54) is 7.11 Å². The van der Waals surface area contributed by atoms with Crippen LogP contribution in [0.4, 0.5) is 0 Å². The zero-order chi connectivity index (χ0) is 12.6. The van der Waals surface area contributed by atoms with Gasteiger partial charge in [-0.25, -0.2) is 4.79 Å². The van der Waals surface area contributed by atoms with E-state index in [1.54, 1.807) is 38.1 Å². The van der Waals surface area contributed by atoms with Crippen molar-refractivity contribution in [2.24, 2.45) is 0 Å². The van der Waals surface area contributed by atoms with E-state index in [-0.39, 0.29) is 5.76 Å².